The van der Waals surface area contributed by atoms with Gasteiger partial charge < -0.3 is 14.7 Å². The molecule has 1 saturated heterocycles. The molecule has 1 aromatic carbocycles. The molecule has 1 aromatic heterocycles. The molecule has 0 unspecified atom stereocenters. The Morgan fingerprint density at radius 3 is 2.64 bits per heavy atom. The third-order valence-electron chi connectivity index (χ3n) is 4.58. The van der Waals surface area contributed by atoms with E-state index in [9.17, 15) is 9.90 Å². The van der Waals surface area contributed by atoms with Gasteiger partial charge in [0.05, 0.1) is 23.3 Å². The van der Waals surface area contributed by atoms with Gasteiger partial charge in [-0.25, -0.2) is 0 Å². The van der Waals surface area contributed by atoms with E-state index in [0.29, 0.717) is 18.7 Å². The maximum Gasteiger partial charge on any atom is 0.254 e. The smallest absolute Gasteiger partial charge is 0.254 e. The lowest BCUT2D eigenvalue weighted by Gasteiger charge is -2.19. The SMILES string of the molecule is Cc1cc(C)c2c(C(=O)N3C[C@@H](O)[C@H](OC(C)C)C3)cc(C)nc2c1. The van der Waals surface area contributed by atoms with Crippen LogP contribution in [-0.4, -0.2) is 52.3 Å². The zero-order valence-electron chi connectivity index (χ0n) is 15.5. The maximum absolute atomic E-state index is 13.2. The van der Waals surface area contributed by atoms with Crippen LogP contribution in [0.15, 0.2) is 18.2 Å². The van der Waals surface area contributed by atoms with E-state index in [4.69, 9.17) is 4.74 Å². The van der Waals surface area contributed by atoms with Gasteiger partial charge in [0.15, 0.2) is 0 Å². The van der Waals surface area contributed by atoms with Gasteiger partial charge in [0.2, 0.25) is 0 Å². The van der Waals surface area contributed by atoms with Gasteiger partial charge in [0.1, 0.15) is 6.10 Å². The van der Waals surface area contributed by atoms with Crippen molar-refractivity contribution in [3.05, 3.63) is 40.6 Å². The summed E-state index contributed by atoms with van der Waals surface area (Å²) in [7, 11) is 0. The number of hydrogen-bond donors (Lipinski definition) is 1. The normalized spacial score (nSPS) is 20.7. The monoisotopic (exact) mass is 342 g/mol. The molecule has 1 amide bonds. The van der Waals surface area contributed by atoms with Crippen molar-refractivity contribution in [3.63, 3.8) is 0 Å². The topological polar surface area (TPSA) is 62.7 Å². The van der Waals surface area contributed by atoms with Crippen molar-refractivity contribution >= 4 is 16.8 Å². The van der Waals surface area contributed by atoms with E-state index in [2.05, 4.69) is 11.1 Å². The number of hydrogen-bond acceptors (Lipinski definition) is 4. The molecule has 1 aliphatic rings. The predicted octanol–water partition coefficient (Wildman–Crippen LogP) is 2.77. The average molecular weight is 342 g/mol. The van der Waals surface area contributed by atoms with Crippen molar-refractivity contribution in [2.24, 2.45) is 0 Å². The van der Waals surface area contributed by atoms with Crippen molar-refractivity contribution in [3.8, 4) is 0 Å². The molecule has 5 heteroatoms. The summed E-state index contributed by atoms with van der Waals surface area (Å²) in [6.07, 6.45) is -0.964. The molecular formula is C20H26N2O3. The minimum absolute atomic E-state index is 0.0175. The van der Waals surface area contributed by atoms with E-state index in [0.717, 1.165) is 27.7 Å². The van der Waals surface area contributed by atoms with E-state index in [1.807, 2.05) is 46.8 Å². The van der Waals surface area contributed by atoms with Crippen molar-refractivity contribution in [2.75, 3.05) is 13.1 Å². The first-order chi connectivity index (χ1) is 11.8. The van der Waals surface area contributed by atoms with Crippen LogP contribution in [0.2, 0.25) is 0 Å². The molecule has 1 N–H and O–H groups in total. The summed E-state index contributed by atoms with van der Waals surface area (Å²) in [6, 6.07) is 5.92. The zero-order chi connectivity index (χ0) is 18.3. The van der Waals surface area contributed by atoms with Gasteiger partial charge >= 0.3 is 0 Å². The standard InChI is InChI=1S/C20H26N2O3/c1-11(2)25-18-10-22(9-17(18)23)20(24)15-8-14(5)21-16-7-12(3)6-13(4)19(15)16/h6-8,11,17-18,23H,9-10H2,1-5H3/t17-,18-/m1/s1. The number of aromatic nitrogens is 1. The van der Waals surface area contributed by atoms with Crippen LogP contribution < -0.4 is 0 Å². The number of fused-ring (bicyclic) bond motifs is 1. The quantitative estimate of drug-likeness (QED) is 0.932. The Hall–Kier alpha value is -1.98. The van der Waals surface area contributed by atoms with E-state index < -0.39 is 6.10 Å². The number of amides is 1. The van der Waals surface area contributed by atoms with Gasteiger partial charge in [-0.05, 0) is 57.9 Å². The predicted molar refractivity (Wildman–Crippen MR) is 97.9 cm³/mol. The molecule has 2 aromatic rings. The maximum atomic E-state index is 13.2. The molecule has 25 heavy (non-hydrogen) atoms. The van der Waals surface area contributed by atoms with Crippen molar-refractivity contribution < 1.29 is 14.6 Å². The van der Waals surface area contributed by atoms with Crippen LogP contribution in [0, 0.1) is 20.8 Å². The number of aliphatic hydroxyl groups is 1. The average Bonchev–Trinajstić information content (AvgIpc) is 2.85. The fourth-order valence-electron chi connectivity index (χ4n) is 3.63. The second-order valence-corrected chi connectivity index (χ2v) is 7.29. The Morgan fingerprint density at radius 1 is 1.24 bits per heavy atom. The molecule has 1 fully saturated rings. The number of β-amino-alcohol motifs (C(OH)–C–C–N with tert-alkyl or cyclic N) is 1. The summed E-state index contributed by atoms with van der Waals surface area (Å²) in [5.41, 5.74) is 4.48. The first-order valence-electron chi connectivity index (χ1n) is 8.77. The number of carbonyl (C=O) groups is 1. The van der Waals surface area contributed by atoms with Crippen LogP contribution in [0.25, 0.3) is 10.9 Å². The molecule has 0 radical (unpaired) electrons. The minimum atomic E-state index is -0.649. The Morgan fingerprint density at radius 2 is 1.96 bits per heavy atom. The third-order valence-corrected chi connectivity index (χ3v) is 4.58. The summed E-state index contributed by atoms with van der Waals surface area (Å²) in [6.45, 7) is 10.5. The van der Waals surface area contributed by atoms with Gasteiger partial charge in [-0.3, -0.25) is 9.78 Å². The second kappa shape index (κ2) is 6.73. The van der Waals surface area contributed by atoms with Crippen LogP contribution in [0.5, 0.6) is 0 Å². The summed E-state index contributed by atoms with van der Waals surface area (Å²) in [5, 5.41) is 11.1. The Bertz CT molecular complexity index is 811. The molecule has 0 saturated carbocycles. The second-order valence-electron chi connectivity index (χ2n) is 7.29. The van der Waals surface area contributed by atoms with E-state index in [-0.39, 0.29) is 18.1 Å². The molecule has 2 atom stereocenters. The van der Waals surface area contributed by atoms with Gasteiger partial charge in [0.25, 0.3) is 5.91 Å². The molecule has 0 spiro atoms. The zero-order valence-corrected chi connectivity index (χ0v) is 15.5. The van der Waals surface area contributed by atoms with Crippen LogP contribution in [0.3, 0.4) is 0 Å². The number of ether oxygens (including phenoxy) is 1. The number of carbonyl (C=O) groups excluding carboxylic acids is 1. The Kier molecular flexibility index (Phi) is 4.80. The molecule has 1 aliphatic heterocycles. The molecule has 0 aliphatic carbocycles. The number of nitrogens with zero attached hydrogens (tertiary/aromatic N) is 2. The first kappa shape index (κ1) is 17.8. The van der Waals surface area contributed by atoms with Gasteiger partial charge in [0, 0.05) is 24.2 Å². The molecule has 134 valence electrons. The Balaban J connectivity index is 1.98. The number of rotatable bonds is 3. The lowest BCUT2D eigenvalue weighted by atomic mass is 10.00. The molecule has 0 bridgehead atoms. The number of aliphatic hydroxyl groups excluding tert-OH is 1. The van der Waals surface area contributed by atoms with Crippen LogP contribution in [-0.2, 0) is 4.74 Å². The van der Waals surface area contributed by atoms with Crippen molar-refractivity contribution in [1.82, 2.24) is 9.88 Å². The van der Waals surface area contributed by atoms with E-state index in [1.54, 1.807) is 4.90 Å². The number of benzene rings is 1. The highest BCUT2D eigenvalue weighted by molar-refractivity contribution is 6.07. The van der Waals surface area contributed by atoms with Crippen LogP contribution in [0.4, 0.5) is 0 Å². The highest BCUT2D eigenvalue weighted by atomic mass is 16.5. The fraction of sp³-hybridized carbons (Fsp3) is 0.500. The van der Waals surface area contributed by atoms with E-state index >= 15 is 0 Å². The lowest BCUT2D eigenvalue weighted by molar-refractivity contribution is -0.0394. The summed E-state index contributed by atoms with van der Waals surface area (Å²) < 4.78 is 5.73. The van der Waals surface area contributed by atoms with Gasteiger partial charge in [-0.2, -0.15) is 0 Å². The molecule has 2 heterocycles. The minimum Gasteiger partial charge on any atom is -0.388 e. The lowest BCUT2D eigenvalue weighted by Crippen LogP contribution is -2.31. The molecule has 5 nitrogen and oxygen atoms in total. The van der Waals surface area contributed by atoms with Crippen LogP contribution >= 0.6 is 0 Å². The summed E-state index contributed by atoms with van der Waals surface area (Å²) >= 11 is 0. The van der Waals surface area contributed by atoms with Crippen LogP contribution in [0.1, 0.15) is 41.0 Å². The summed E-state index contributed by atoms with van der Waals surface area (Å²) in [4.78, 5) is 19.4. The number of aryl methyl sites for hydroxylation is 3. The summed E-state index contributed by atoms with van der Waals surface area (Å²) in [5.74, 6) is -0.0728. The molecular weight excluding hydrogens is 316 g/mol. The van der Waals surface area contributed by atoms with E-state index in [1.165, 1.54) is 0 Å². The Labute approximate surface area is 148 Å². The van der Waals surface area contributed by atoms with Gasteiger partial charge in [-0.15, -0.1) is 0 Å². The van der Waals surface area contributed by atoms with Crippen molar-refractivity contribution in [2.45, 2.75) is 52.9 Å². The fourth-order valence-corrected chi connectivity index (χ4v) is 3.63. The third kappa shape index (κ3) is 3.53. The largest absolute Gasteiger partial charge is 0.388 e. The number of likely N-dealkylation sites (tertiary alicyclic amines) is 1. The first-order valence-corrected chi connectivity index (χ1v) is 8.77. The highest BCUT2D eigenvalue weighted by Gasteiger charge is 2.36. The number of pyridine rings is 1. The highest BCUT2D eigenvalue weighted by Crippen LogP contribution is 2.27. The van der Waals surface area contributed by atoms with Gasteiger partial charge in [-0.1, -0.05) is 6.07 Å². The molecule has 3 rings (SSSR count). The van der Waals surface area contributed by atoms with Crippen molar-refractivity contribution in [1.29, 1.82) is 0 Å².